The van der Waals surface area contributed by atoms with Crippen LogP contribution in [-0.4, -0.2) is 11.1 Å². The molecule has 1 aromatic carbocycles. The van der Waals surface area contributed by atoms with Crippen LogP contribution in [0, 0.1) is 5.82 Å². The first-order valence-electron chi connectivity index (χ1n) is 3.77. The SMILES string of the molecule is CCc1cc(Cl)c(C(=O)O)cc1F. The van der Waals surface area contributed by atoms with E-state index in [1.807, 2.05) is 0 Å². The summed E-state index contributed by atoms with van der Waals surface area (Å²) < 4.78 is 13.1. The maximum atomic E-state index is 13.1. The Bertz CT molecular complexity index is 350. The molecule has 4 heteroatoms. The average molecular weight is 203 g/mol. The molecular formula is C9H8ClFO2. The highest BCUT2D eigenvalue weighted by atomic mass is 35.5. The Labute approximate surface area is 80.0 Å². The van der Waals surface area contributed by atoms with Crippen LogP contribution >= 0.6 is 11.6 Å². The minimum atomic E-state index is -1.22. The van der Waals surface area contributed by atoms with Crippen molar-refractivity contribution >= 4 is 17.6 Å². The zero-order valence-corrected chi connectivity index (χ0v) is 7.73. The van der Waals surface area contributed by atoms with Gasteiger partial charge in [0.05, 0.1) is 10.6 Å². The smallest absolute Gasteiger partial charge is 0.337 e. The highest BCUT2D eigenvalue weighted by molar-refractivity contribution is 6.33. The molecule has 1 N–H and O–H groups in total. The summed E-state index contributed by atoms with van der Waals surface area (Å²) in [6.07, 6.45) is 0.492. The van der Waals surface area contributed by atoms with Gasteiger partial charge in [-0.3, -0.25) is 0 Å². The van der Waals surface area contributed by atoms with Crippen molar-refractivity contribution in [1.29, 1.82) is 0 Å². The first kappa shape index (κ1) is 9.99. The van der Waals surface area contributed by atoms with E-state index < -0.39 is 11.8 Å². The predicted octanol–water partition coefficient (Wildman–Crippen LogP) is 2.74. The number of carboxylic acid groups (broad SMARTS) is 1. The fourth-order valence-corrected chi connectivity index (χ4v) is 1.29. The van der Waals surface area contributed by atoms with Crippen LogP contribution in [0.3, 0.4) is 0 Å². The van der Waals surface area contributed by atoms with Crippen molar-refractivity contribution in [2.75, 3.05) is 0 Å². The van der Waals surface area contributed by atoms with Crippen molar-refractivity contribution in [2.24, 2.45) is 0 Å². The second-order valence-corrected chi connectivity index (χ2v) is 2.99. The van der Waals surface area contributed by atoms with Crippen LogP contribution in [0.15, 0.2) is 12.1 Å². The van der Waals surface area contributed by atoms with E-state index in [0.717, 1.165) is 6.07 Å². The van der Waals surface area contributed by atoms with E-state index in [1.165, 1.54) is 6.07 Å². The second kappa shape index (κ2) is 3.75. The molecule has 0 amide bonds. The molecule has 0 aromatic heterocycles. The molecule has 0 heterocycles. The molecule has 13 heavy (non-hydrogen) atoms. The number of rotatable bonds is 2. The third kappa shape index (κ3) is 1.98. The fourth-order valence-electron chi connectivity index (χ4n) is 1.02. The summed E-state index contributed by atoms with van der Waals surface area (Å²) in [5.41, 5.74) is 0.228. The van der Waals surface area contributed by atoms with E-state index in [4.69, 9.17) is 16.7 Å². The van der Waals surface area contributed by atoms with E-state index in [0.29, 0.717) is 12.0 Å². The van der Waals surface area contributed by atoms with Crippen LogP contribution in [0.4, 0.5) is 4.39 Å². The highest BCUT2D eigenvalue weighted by Crippen LogP contribution is 2.21. The van der Waals surface area contributed by atoms with Gasteiger partial charge in [0.15, 0.2) is 0 Å². The number of benzene rings is 1. The lowest BCUT2D eigenvalue weighted by atomic mass is 10.1. The van der Waals surface area contributed by atoms with Crippen molar-refractivity contribution in [3.8, 4) is 0 Å². The lowest BCUT2D eigenvalue weighted by Gasteiger charge is -2.03. The summed E-state index contributed by atoms with van der Waals surface area (Å²) in [6, 6.07) is 2.30. The summed E-state index contributed by atoms with van der Waals surface area (Å²) >= 11 is 5.63. The molecule has 0 saturated carbocycles. The third-order valence-corrected chi connectivity index (χ3v) is 2.06. The molecular weight excluding hydrogens is 195 g/mol. The maximum Gasteiger partial charge on any atom is 0.337 e. The molecule has 0 radical (unpaired) electrons. The molecule has 0 saturated heterocycles. The molecule has 0 aliphatic heterocycles. The van der Waals surface area contributed by atoms with Crippen LogP contribution in [-0.2, 0) is 6.42 Å². The molecule has 0 atom stereocenters. The van der Waals surface area contributed by atoms with E-state index in [-0.39, 0.29) is 10.6 Å². The quantitative estimate of drug-likeness (QED) is 0.801. The number of carboxylic acids is 1. The van der Waals surface area contributed by atoms with Crippen LogP contribution in [0.1, 0.15) is 22.8 Å². The van der Waals surface area contributed by atoms with Crippen molar-refractivity contribution in [3.05, 3.63) is 34.1 Å². The summed E-state index contributed by atoms with van der Waals surface area (Å²) in [4.78, 5) is 10.5. The monoisotopic (exact) mass is 202 g/mol. The Kier molecular flexibility index (Phi) is 2.88. The molecule has 1 aromatic rings. The number of hydrogen-bond donors (Lipinski definition) is 1. The van der Waals surface area contributed by atoms with Crippen LogP contribution in [0.5, 0.6) is 0 Å². The number of carbonyl (C=O) groups is 1. The van der Waals surface area contributed by atoms with E-state index in [1.54, 1.807) is 6.92 Å². The number of hydrogen-bond acceptors (Lipinski definition) is 1. The minimum Gasteiger partial charge on any atom is -0.478 e. The van der Waals surface area contributed by atoms with Crippen molar-refractivity contribution in [1.82, 2.24) is 0 Å². The standard InChI is InChI=1S/C9H8ClFO2/c1-2-5-3-7(10)6(9(12)13)4-8(5)11/h3-4H,2H2,1H3,(H,12,13). The first-order valence-corrected chi connectivity index (χ1v) is 4.15. The summed E-state index contributed by atoms with van der Waals surface area (Å²) in [5.74, 6) is -1.74. The Morgan fingerprint density at radius 2 is 2.23 bits per heavy atom. The zero-order chi connectivity index (χ0) is 10.0. The molecule has 0 fully saturated rings. The van der Waals surface area contributed by atoms with Gasteiger partial charge in [0.1, 0.15) is 5.82 Å². The van der Waals surface area contributed by atoms with Gasteiger partial charge in [0.25, 0.3) is 0 Å². The van der Waals surface area contributed by atoms with E-state index in [9.17, 15) is 9.18 Å². The highest BCUT2D eigenvalue weighted by Gasteiger charge is 2.12. The molecule has 1 rings (SSSR count). The molecule has 0 aliphatic carbocycles. The Balaban J connectivity index is 3.28. The lowest BCUT2D eigenvalue weighted by Crippen LogP contribution is -2.00. The second-order valence-electron chi connectivity index (χ2n) is 2.58. The van der Waals surface area contributed by atoms with Crippen LogP contribution in [0.25, 0.3) is 0 Å². The predicted molar refractivity (Wildman–Crippen MR) is 47.7 cm³/mol. The zero-order valence-electron chi connectivity index (χ0n) is 6.97. The number of halogens is 2. The largest absolute Gasteiger partial charge is 0.478 e. The number of aryl methyl sites for hydroxylation is 1. The average Bonchev–Trinajstić information content (AvgIpc) is 2.07. The summed E-state index contributed by atoms with van der Waals surface area (Å²) in [5, 5.41) is 8.68. The van der Waals surface area contributed by atoms with Gasteiger partial charge < -0.3 is 5.11 Å². The van der Waals surface area contributed by atoms with Gasteiger partial charge in [0, 0.05) is 0 Å². The van der Waals surface area contributed by atoms with Gasteiger partial charge in [-0.25, -0.2) is 9.18 Å². The molecule has 2 nitrogen and oxygen atoms in total. The van der Waals surface area contributed by atoms with Gasteiger partial charge in [-0.15, -0.1) is 0 Å². The first-order chi connectivity index (χ1) is 6.06. The Morgan fingerprint density at radius 3 is 2.69 bits per heavy atom. The Hall–Kier alpha value is -1.09. The van der Waals surface area contributed by atoms with Crippen molar-refractivity contribution in [2.45, 2.75) is 13.3 Å². The van der Waals surface area contributed by atoms with Crippen LogP contribution < -0.4 is 0 Å². The normalized spacial score (nSPS) is 10.1. The van der Waals surface area contributed by atoms with Crippen LogP contribution in [0.2, 0.25) is 5.02 Å². The van der Waals surface area contributed by atoms with Gasteiger partial charge >= 0.3 is 5.97 Å². The van der Waals surface area contributed by atoms with Crippen molar-refractivity contribution in [3.63, 3.8) is 0 Å². The topological polar surface area (TPSA) is 37.3 Å². The minimum absolute atomic E-state index is 0.0748. The van der Waals surface area contributed by atoms with Gasteiger partial charge in [-0.05, 0) is 24.1 Å². The van der Waals surface area contributed by atoms with E-state index >= 15 is 0 Å². The summed E-state index contributed by atoms with van der Waals surface area (Å²) in [6.45, 7) is 1.77. The molecule has 0 aliphatic rings. The third-order valence-electron chi connectivity index (χ3n) is 1.75. The van der Waals surface area contributed by atoms with E-state index in [2.05, 4.69) is 0 Å². The molecule has 70 valence electrons. The van der Waals surface area contributed by atoms with Gasteiger partial charge in [-0.2, -0.15) is 0 Å². The number of aromatic carboxylic acids is 1. The van der Waals surface area contributed by atoms with Gasteiger partial charge in [-0.1, -0.05) is 18.5 Å². The van der Waals surface area contributed by atoms with Crippen molar-refractivity contribution < 1.29 is 14.3 Å². The molecule has 0 spiro atoms. The summed E-state index contributed by atoms with van der Waals surface area (Å²) in [7, 11) is 0. The molecule has 0 unspecified atom stereocenters. The molecule has 0 bridgehead atoms. The Morgan fingerprint density at radius 1 is 1.62 bits per heavy atom. The fraction of sp³-hybridized carbons (Fsp3) is 0.222. The lowest BCUT2D eigenvalue weighted by molar-refractivity contribution is 0.0696. The maximum absolute atomic E-state index is 13.1. The van der Waals surface area contributed by atoms with Gasteiger partial charge in [0.2, 0.25) is 0 Å².